The van der Waals surface area contributed by atoms with E-state index in [4.69, 9.17) is 14.6 Å². The first-order valence-corrected chi connectivity index (χ1v) is 5.92. The van der Waals surface area contributed by atoms with E-state index >= 15 is 0 Å². The molecule has 0 aromatic rings. The molecular weight excluding hydrogens is 210 g/mol. The van der Waals surface area contributed by atoms with Crippen LogP contribution in [0.1, 0.15) is 26.2 Å². The highest BCUT2D eigenvalue weighted by molar-refractivity contribution is 5.73. The third-order valence-corrected chi connectivity index (χ3v) is 3.49. The van der Waals surface area contributed by atoms with Crippen LogP contribution in [0.4, 0.5) is 0 Å². The van der Waals surface area contributed by atoms with Gasteiger partial charge in [0.15, 0.2) is 5.79 Å². The molecule has 2 saturated heterocycles. The summed E-state index contributed by atoms with van der Waals surface area (Å²) in [5.74, 6) is -1.14. The van der Waals surface area contributed by atoms with Crippen LogP contribution in [-0.4, -0.2) is 54.1 Å². The number of carbonyl (C=O) groups is 1. The summed E-state index contributed by atoms with van der Waals surface area (Å²) < 4.78 is 11.2. The highest BCUT2D eigenvalue weighted by Gasteiger charge is 2.41. The van der Waals surface area contributed by atoms with E-state index in [0.717, 1.165) is 25.9 Å². The van der Waals surface area contributed by atoms with Crippen molar-refractivity contribution in [3.05, 3.63) is 0 Å². The molecule has 16 heavy (non-hydrogen) atoms. The Labute approximate surface area is 95.3 Å². The third-order valence-electron chi connectivity index (χ3n) is 3.49. The van der Waals surface area contributed by atoms with Gasteiger partial charge in [-0.2, -0.15) is 0 Å². The molecule has 92 valence electrons. The minimum absolute atomic E-state index is 0.362. The Bertz CT molecular complexity index is 253. The van der Waals surface area contributed by atoms with Gasteiger partial charge in [0.25, 0.3) is 0 Å². The largest absolute Gasteiger partial charge is 0.480 e. The summed E-state index contributed by atoms with van der Waals surface area (Å²) in [6, 6.07) is -0.362. The standard InChI is InChI=1S/C11H19NO4/c1-2-9(10(13)14)12-5-3-11(4-6-12)15-7-8-16-11/h9H,2-8H2,1H3,(H,13,14). The molecule has 1 N–H and O–H groups in total. The molecule has 1 unspecified atom stereocenters. The van der Waals surface area contributed by atoms with Crippen LogP contribution in [-0.2, 0) is 14.3 Å². The van der Waals surface area contributed by atoms with E-state index in [1.54, 1.807) is 0 Å². The second-order valence-electron chi connectivity index (χ2n) is 4.41. The summed E-state index contributed by atoms with van der Waals surface area (Å²) in [6.45, 7) is 4.72. The minimum Gasteiger partial charge on any atom is -0.480 e. The molecule has 1 spiro atoms. The van der Waals surface area contributed by atoms with Crippen molar-refractivity contribution in [1.29, 1.82) is 0 Å². The van der Waals surface area contributed by atoms with Crippen LogP contribution in [0.5, 0.6) is 0 Å². The van der Waals surface area contributed by atoms with Gasteiger partial charge in [-0.3, -0.25) is 9.69 Å². The fraction of sp³-hybridized carbons (Fsp3) is 0.909. The van der Waals surface area contributed by atoms with Gasteiger partial charge >= 0.3 is 5.97 Å². The van der Waals surface area contributed by atoms with E-state index in [1.165, 1.54) is 0 Å². The minimum atomic E-state index is -0.730. The lowest BCUT2D eigenvalue weighted by atomic mass is 10.0. The van der Waals surface area contributed by atoms with Gasteiger partial charge in [0.1, 0.15) is 6.04 Å². The van der Waals surface area contributed by atoms with Crippen LogP contribution in [0.25, 0.3) is 0 Å². The lowest BCUT2D eigenvalue weighted by Gasteiger charge is -2.39. The quantitative estimate of drug-likeness (QED) is 0.771. The van der Waals surface area contributed by atoms with Crippen molar-refractivity contribution >= 4 is 5.97 Å². The second-order valence-corrected chi connectivity index (χ2v) is 4.41. The van der Waals surface area contributed by atoms with E-state index in [0.29, 0.717) is 19.6 Å². The number of aliphatic carboxylic acids is 1. The Kier molecular flexibility index (Phi) is 3.47. The molecule has 0 aromatic heterocycles. The lowest BCUT2D eigenvalue weighted by molar-refractivity contribution is -0.190. The summed E-state index contributed by atoms with van der Waals surface area (Å²) in [5.41, 5.74) is 0. The molecule has 0 aliphatic carbocycles. The first-order chi connectivity index (χ1) is 7.67. The molecule has 0 amide bonds. The van der Waals surface area contributed by atoms with E-state index < -0.39 is 11.8 Å². The highest BCUT2D eigenvalue weighted by Crippen LogP contribution is 2.32. The molecule has 2 aliphatic heterocycles. The first-order valence-electron chi connectivity index (χ1n) is 5.92. The lowest BCUT2D eigenvalue weighted by Crippen LogP contribution is -2.51. The van der Waals surface area contributed by atoms with Gasteiger partial charge in [-0.15, -0.1) is 0 Å². The van der Waals surface area contributed by atoms with Crippen molar-refractivity contribution in [2.24, 2.45) is 0 Å². The number of likely N-dealkylation sites (tertiary alicyclic amines) is 1. The maximum atomic E-state index is 11.0. The zero-order valence-corrected chi connectivity index (χ0v) is 9.65. The number of carboxylic acids is 1. The van der Waals surface area contributed by atoms with Gasteiger partial charge in [-0.25, -0.2) is 0 Å². The Balaban J connectivity index is 1.91. The zero-order valence-electron chi connectivity index (χ0n) is 9.65. The van der Waals surface area contributed by atoms with Crippen LogP contribution >= 0.6 is 0 Å². The predicted molar refractivity (Wildman–Crippen MR) is 57.2 cm³/mol. The fourth-order valence-corrected chi connectivity index (χ4v) is 2.55. The van der Waals surface area contributed by atoms with Crippen molar-refractivity contribution in [2.75, 3.05) is 26.3 Å². The highest BCUT2D eigenvalue weighted by atomic mass is 16.7. The van der Waals surface area contributed by atoms with Crippen molar-refractivity contribution < 1.29 is 19.4 Å². The van der Waals surface area contributed by atoms with Crippen LogP contribution < -0.4 is 0 Å². The van der Waals surface area contributed by atoms with Gasteiger partial charge in [-0.1, -0.05) is 6.92 Å². The van der Waals surface area contributed by atoms with Crippen LogP contribution in [0.3, 0.4) is 0 Å². The van der Waals surface area contributed by atoms with Crippen molar-refractivity contribution in [1.82, 2.24) is 4.90 Å². The van der Waals surface area contributed by atoms with Gasteiger partial charge < -0.3 is 14.6 Å². The maximum absolute atomic E-state index is 11.0. The summed E-state index contributed by atoms with van der Waals surface area (Å²) >= 11 is 0. The molecule has 0 aromatic carbocycles. The molecule has 2 fully saturated rings. The molecule has 5 heteroatoms. The molecule has 0 bridgehead atoms. The summed E-state index contributed by atoms with van der Waals surface area (Å²) in [5, 5.41) is 9.08. The van der Waals surface area contributed by atoms with E-state index in [9.17, 15) is 4.79 Å². The van der Waals surface area contributed by atoms with E-state index in [1.807, 2.05) is 11.8 Å². The zero-order chi connectivity index (χ0) is 11.6. The number of piperidine rings is 1. The topological polar surface area (TPSA) is 59.0 Å². The van der Waals surface area contributed by atoms with Gasteiger partial charge in [0.2, 0.25) is 0 Å². The molecule has 5 nitrogen and oxygen atoms in total. The number of nitrogens with zero attached hydrogens (tertiary/aromatic N) is 1. The number of rotatable bonds is 3. The Morgan fingerprint density at radius 1 is 1.38 bits per heavy atom. The Hall–Kier alpha value is -0.650. The molecule has 1 atom stereocenters. The average molecular weight is 229 g/mol. The third kappa shape index (κ3) is 2.21. The predicted octanol–water partition coefficient (Wildman–Crippen LogP) is 0.688. The number of hydrogen-bond donors (Lipinski definition) is 1. The molecule has 0 radical (unpaired) electrons. The van der Waals surface area contributed by atoms with Gasteiger partial charge in [-0.05, 0) is 6.42 Å². The Morgan fingerprint density at radius 3 is 2.38 bits per heavy atom. The molecule has 2 rings (SSSR count). The van der Waals surface area contributed by atoms with Crippen LogP contribution in [0, 0.1) is 0 Å². The Morgan fingerprint density at radius 2 is 1.94 bits per heavy atom. The smallest absolute Gasteiger partial charge is 0.320 e. The normalized spacial score (nSPS) is 27.1. The van der Waals surface area contributed by atoms with Crippen molar-refractivity contribution in [3.8, 4) is 0 Å². The molecule has 2 aliphatic rings. The second kappa shape index (κ2) is 4.69. The van der Waals surface area contributed by atoms with Crippen LogP contribution in [0.2, 0.25) is 0 Å². The average Bonchev–Trinajstić information content (AvgIpc) is 2.70. The number of carboxylic acid groups (broad SMARTS) is 1. The molecular formula is C11H19NO4. The molecule has 0 saturated carbocycles. The first kappa shape index (κ1) is 11.8. The van der Waals surface area contributed by atoms with E-state index in [-0.39, 0.29) is 6.04 Å². The van der Waals surface area contributed by atoms with E-state index in [2.05, 4.69) is 0 Å². The summed E-state index contributed by atoms with van der Waals surface area (Å²) in [6.07, 6.45) is 2.19. The van der Waals surface area contributed by atoms with Crippen molar-refractivity contribution in [3.63, 3.8) is 0 Å². The fourth-order valence-electron chi connectivity index (χ4n) is 2.55. The van der Waals surface area contributed by atoms with Crippen LogP contribution in [0.15, 0.2) is 0 Å². The summed E-state index contributed by atoms with van der Waals surface area (Å²) in [4.78, 5) is 13.1. The van der Waals surface area contributed by atoms with Gasteiger partial charge in [0, 0.05) is 25.9 Å². The number of ether oxygens (including phenoxy) is 2. The maximum Gasteiger partial charge on any atom is 0.320 e. The number of hydrogen-bond acceptors (Lipinski definition) is 4. The monoisotopic (exact) mass is 229 g/mol. The van der Waals surface area contributed by atoms with Crippen molar-refractivity contribution in [2.45, 2.75) is 38.0 Å². The SMILES string of the molecule is CCC(C(=O)O)N1CCC2(CC1)OCCO2. The van der Waals surface area contributed by atoms with Gasteiger partial charge in [0.05, 0.1) is 13.2 Å². The summed E-state index contributed by atoms with van der Waals surface area (Å²) in [7, 11) is 0. The molecule has 2 heterocycles.